The Hall–Kier alpha value is -2.60. The highest BCUT2D eigenvalue weighted by molar-refractivity contribution is 5.77. The number of hydrogen-bond acceptors (Lipinski definition) is 4. The predicted molar refractivity (Wildman–Crippen MR) is 83.5 cm³/mol. The summed E-state index contributed by atoms with van der Waals surface area (Å²) in [6, 6.07) is 8.68. The molecule has 1 fully saturated rings. The second-order valence-electron chi connectivity index (χ2n) is 5.52. The monoisotopic (exact) mass is 296 g/mol. The van der Waals surface area contributed by atoms with Gasteiger partial charge in [0.2, 0.25) is 0 Å². The van der Waals surface area contributed by atoms with Gasteiger partial charge < -0.3 is 10.4 Å². The zero-order valence-corrected chi connectivity index (χ0v) is 11.9. The van der Waals surface area contributed by atoms with Gasteiger partial charge in [0.05, 0.1) is 29.0 Å². The molecule has 4 rings (SSSR count). The quantitative estimate of drug-likeness (QED) is 0.750. The molecule has 0 amide bonds. The van der Waals surface area contributed by atoms with Gasteiger partial charge in [-0.1, -0.05) is 0 Å². The van der Waals surface area contributed by atoms with E-state index in [0.29, 0.717) is 0 Å². The maximum absolute atomic E-state index is 13.0. The van der Waals surface area contributed by atoms with Gasteiger partial charge in [0.25, 0.3) is 0 Å². The van der Waals surface area contributed by atoms with Gasteiger partial charge in [-0.2, -0.15) is 0 Å². The summed E-state index contributed by atoms with van der Waals surface area (Å²) in [4.78, 5) is 17.1. The minimum atomic E-state index is -0.0672. The normalized spacial score (nSPS) is 18.1. The highest BCUT2D eigenvalue weighted by Gasteiger charge is 2.23. The van der Waals surface area contributed by atoms with Gasteiger partial charge in [-0.05, 0) is 43.3 Å². The van der Waals surface area contributed by atoms with E-state index in [0.717, 1.165) is 36.2 Å². The van der Waals surface area contributed by atoms with Crippen molar-refractivity contribution in [1.29, 1.82) is 0 Å². The van der Waals surface area contributed by atoms with Crippen LogP contribution < -0.4 is 11.0 Å². The molecule has 0 saturated carbocycles. The first-order valence-electron chi connectivity index (χ1n) is 7.33. The average Bonchev–Trinajstić information content (AvgIpc) is 3.13. The fourth-order valence-corrected chi connectivity index (χ4v) is 3.13. The molecule has 112 valence electrons. The van der Waals surface area contributed by atoms with Gasteiger partial charge in [0, 0.05) is 12.7 Å². The van der Waals surface area contributed by atoms with Crippen molar-refractivity contribution >= 4 is 11.0 Å². The number of nitrogens with zero attached hydrogens (tertiary/aromatic N) is 3. The molecule has 1 unspecified atom stereocenters. The second kappa shape index (κ2) is 4.99. The number of phenolic OH excluding ortho intramolecular Hbond substituents is 1. The van der Waals surface area contributed by atoms with Gasteiger partial charge in [-0.3, -0.25) is 14.1 Å². The summed E-state index contributed by atoms with van der Waals surface area (Å²) in [7, 11) is 0. The van der Waals surface area contributed by atoms with Crippen LogP contribution in [0.5, 0.6) is 5.75 Å². The lowest BCUT2D eigenvalue weighted by molar-refractivity contribution is 0.475. The molecule has 3 heterocycles. The Morgan fingerprint density at radius 2 is 2.00 bits per heavy atom. The topological polar surface area (TPSA) is 72.1 Å². The summed E-state index contributed by atoms with van der Waals surface area (Å²) in [5, 5.41) is 12.8. The van der Waals surface area contributed by atoms with Crippen LogP contribution in [0.3, 0.4) is 0 Å². The number of aromatic hydroxyl groups is 1. The Morgan fingerprint density at radius 3 is 2.73 bits per heavy atom. The zero-order chi connectivity index (χ0) is 15.1. The zero-order valence-electron chi connectivity index (χ0n) is 11.9. The largest absolute Gasteiger partial charge is 0.508 e. The van der Waals surface area contributed by atoms with Crippen LogP contribution in [0.1, 0.15) is 12.5 Å². The molecule has 22 heavy (non-hydrogen) atoms. The summed E-state index contributed by atoms with van der Waals surface area (Å²) in [5.74, 6) is 0.179. The van der Waals surface area contributed by atoms with E-state index in [4.69, 9.17) is 0 Å². The van der Waals surface area contributed by atoms with Crippen molar-refractivity contribution in [1.82, 2.24) is 19.4 Å². The molecular formula is C16H16N4O2. The third kappa shape index (κ3) is 1.92. The lowest BCUT2D eigenvalue weighted by Crippen LogP contribution is -2.27. The van der Waals surface area contributed by atoms with Gasteiger partial charge in [-0.25, -0.2) is 4.79 Å². The molecule has 0 radical (unpaired) electrons. The molecule has 2 aromatic heterocycles. The molecule has 0 spiro atoms. The molecule has 3 aromatic rings. The van der Waals surface area contributed by atoms with Gasteiger partial charge in [-0.15, -0.1) is 0 Å². The maximum atomic E-state index is 13.0. The Labute approximate surface area is 126 Å². The molecule has 6 heteroatoms. The number of benzene rings is 1. The van der Waals surface area contributed by atoms with E-state index in [9.17, 15) is 9.90 Å². The van der Waals surface area contributed by atoms with Crippen LogP contribution in [-0.2, 0) is 0 Å². The SMILES string of the molecule is O=c1n(-c2ccc(O)cc2)c2cnccc2n1C1CCNC1. The van der Waals surface area contributed by atoms with Crippen molar-refractivity contribution in [3.05, 3.63) is 53.2 Å². The average molecular weight is 296 g/mol. The minimum absolute atomic E-state index is 0.0672. The molecule has 6 nitrogen and oxygen atoms in total. The number of hydrogen-bond donors (Lipinski definition) is 2. The third-order valence-electron chi connectivity index (χ3n) is 4.18. The third-order valence-corrected chi connectivity index (χ3v) is 4.18. The van der Waals surface area contributed by atoms with E-state index in [1.807, 2.05) is 10.6 Å². The van der Waals surface area contributed by atoms with Crippen molar-refractivity contribution in [2.24, 2.45) is 0 Å². The highest BCUT2D eigenvalue weighted by atomic mass is 16.3. The van der Waals surface area contributed by atoms with Crippen LogP contribution in [0, 0.1) is 0 Å². The Morgan fingerprint density at radius 1 is 1.18 bits per heavy atom. The molecule has 1 aliphatic heterocycles. The number of aromatic nitrogens is 3. The number of pyridine rings is 1. The number of rotatable bonds is 2. The van der Waals surface area contributed by atoms with Crippen LogP contribution in [-0.4, -0.2) is 32.3 Å². The van der Waals surface area contributed by atoms with Gasteiger partial charge >= 0.3 is 5.69 Å². The first kappa shape index (κ1) is 13.1. The van der Waals surface area contributed by atoms with E-state index in [2.05, 4.69) is 10.3 Å². The molecule has 1 aromatic carbocycles. The Kier molecular flexibility index (Phi) is 2.97. The van der Waals surface area contributed by atoms with Crippen LogP contribution in [0.2, 0.25) is 0 Å². The Balaban J connectivity index is 2.00. The summed E-state index contributed by atoms with van der Waals surface area (Å²) >= 11 is 0. The molecule has 0 aliphatic carbocycles. The standard InChI is InChI=1S/C16H16N4O2/c21-13-3-1-11(2-4-13)19-15-10-18-8-6-14(15)20(16(19)22)12-5-7-17-9-12/h1-4,6,8,10,12,17,21H,5,7,9H2. The van der Waals surface area contributed by atoms with E-state index in [1.54, 1.807) is 41.2 Å². The number of nitrogens with one attached hydrogen (secondary N) is 1. The first-order valence-corrected chi connectivity index (χ1v) is 7.33. The van der Waals surface area contributed by atoms with Crippen molar-refractivity contribution < 1.29 is 5.11 Å². The predicted octanol–water partition coefficient (Wildman–Crippen LogP) is 1.43. The van der Waals surface area contributed by atoms with Crippen LogP contribution >= 0.6 is 0 Å². The van der Waals surface area contributed by atoms with Crippen molar-refractivity contribution in [3.63, 3.8) is 0 Å². The van der Waals surface area contributed by atoms with Crippen LogP contribution in [0.4, 0.5) is 0 Å². The summed E-state index contributed by atoms with van der Waals surface area (Å²) < 4.78 is 3.50. The summed E-state index contributed by atoms with van der Waals surface area (Å²) in [5.41, 5.74) is 2.33. The molecule has 0 bridgehead atoms. The van der Waals surface area contributed by atoms with Crippen molar-refractivity contribution in [2.75, 3.05) is 13.1 Å². The highest BCUT2D eigenvalue weighted by Crippen LogP contribution is 2.23. The maximum Gasteiger partial charge on any atom is 0.334 e. The first-order chi connectivity index (χ1) is 10.8. The minimum Gasteiger partial charge on any atom is -0.508 e. The van der Waals surface area contributed by atoms with E-state index >= 15 is 0 Å². The van der Waals surface area contributed by atoms with Gasteiger partial charge in [0.15, 0.2) is 0 Å². The fourth-order valence-electron chi connectivity index (χ4n) is 3.13. The van der Waals surface area contributed by atoms with Gasteiger partial charge in [0.1, 0.15) is 5.75 Å². The molecule has 2 N–H and O–H groups in total. The molecule has 1 saturated heterocycles. The van der Waals surface area contributed by atoms with E-state index in [-0.39, 0.29) is 17.5 Å². The van der Waals surface area contributed by atoms with Crippen LogP contribution in [0.15, 0.2) is 47.5 Å². The number of imidazole rings is 1. The number of fused-ring (bicyclic) bond motifs is 1. The smallest absolute Gasteiger partial charge is 0.334 e. The lowest BCUT2D eigenvalue weighted by Gasteiger charge is -2.10. The molecule has 1 atom stereocenters. The molecular weight excluding hydrogens is 280 g/mol. The second-order valence-corrected chi connectivity index (χ2v) is 5.52. The lowest BCUT2D eigenvalue weighted by atomic mass is 10.2. The fraction of sp³-hybridized carbons (Fsp3) is 0.250. The molecule has 1 aliphatic rings. The summed E-state index contributed by atoms with van der Waals surface area (Å²) in [6.45, 7) is 1.73. The summed E-state index contributed by atoms with van der Waals surface area (Å²) in [6.07, 6.45) is 4.36. The van der Waals surface area contributed by atoms with E-state index < -0.39 is 0 Å². The van der Waals surface area contributed by atoms with Crippen LogP contribution in [0.25, 0.3) is 16.7 Å². The van der Waals surface area contributed by atoms with Crippen molar-refractivity contribution in [2.45, 2.75) is 12.5 Å². The van der Waals surface area contributed by atoms with Crippen molar-refractivity contribution in [3.8, 4) is 11.4 Å². The Bertz CT molecular complexity index is 873. The van der Waals surface area contributed by atoms with E-state index in [1.165, 1.54) is 0 Å². The number of phenols is 1.